The van der Waals surface area contributed by atoms with E-state index in [4.69, 9.17) is 4.74 Å². The third-order valence-corrected chi connectivity index (χ3v) is 5.74. The number of benzene rings is 1. The monoisotopic (exact) mass is 346 g/mol. The zero-order valence-electron chi connectivity index (χ0n) is 13.4. The van der Waals surface area contributed by atoms with Crippen molar-refractivity contribution in [3.8, 4) is 5.75 Å². The Morgan fingerprint density at radius 3 is 2.55 bits per heavy atom. The molecular weight excluding hydrogens is 324 g/mol. The highest BCUT2D eigenvalue weighted by Gasteiger charge is 2.22. The fraction of sp³-hybridized carbons (Fsp3) is 0.500. The highest BCUT2D eigenvalue weighted by atomic mass is 32.2. The Labute approximate surface area is 136 Å². The number of hydrogen-bond donors (Lipinski definition) is 1. The molecule has 6 nitrogen and oxygen atoms in total. The third-order valence-electron chi connectivity index (χ3n) is 3.05. The molecular formula is C14H22N2O4S2. The van der Waals surface area contributed by atoms with E-state index in [2.05, 4.69) is 5.32 Å². The van der Waals surface area contributed by atoms with Crippen LogP contribution in [0, 0.1) is 5.92 Å². The molecule has 0 aliphatic heterocycles. The Kier molecular flexibility index (Phi) is 6.70. The molecule has 0 saturated carbocycles. The Balaban J connectivity index is 3.06. The summed E-state index contributed by atoms with van der Waals surface area (Å²) in [5, 5.41) is 2.77. The van der Waals surface area contributed by atoms with Crippen molar-refractivity contribution in [2.45, 2.75) is 11.8 Å². The number of carbonyl (C=O) groups is 1. The van der Waals surface area contributed by atoms with Gasteiger partial charge < -0.3 is 10.1 Å². The van der Waals surface area contributed by atoms with Gasteiger partial charge in [-0.3, -0.25) is 4.79 Å². The largest absolute Gasteiger partial charge is 0.495 e. The molecule has 1 N–H and O–H groups in total. The van der Waals surface area contributed by atoms with Gasteiger partial charge in [0.1, 0.15) is 10.6 Å². The Morgan fingerprint density at radius 1 is 1.41 bits per heavy atom. The first kappa shape index (κ1) is 18.8. The van der Waals surface area contributed by atoms with Crippen LogP contribution in [0.5, 0.6) is 5.75 Å². The van der Waals surface area contributed by atoms with Crippen LogP contribution in [0.4, 0.5) is 5.69 Å². The van der Waals surface area contributed by atoms with Crippen molar-refractivity contribution >= 4 is 33.4 Å². The molecule has 124 valence electrons. The van der Waals surface area contributed by atoms with E-state index in [1.54, 1.807) is 17.8 Å². The molecule has 1 amide bonds. The number of nitrogens with zero attached hydrogens (tertiary/aromatic N) is 1. The summed E-state index contributed by atoms with van der Waals surface area (Å²) in [6, 6.07) is 4.51. The van der Waals surface area contributed by atoms with Gasteiger partial charge in [-0.25, -0.2) is 12.7 Å². The second kappa shape index (κ2) is 7.85. The van der Waals surface area contributed by atoms with Crippen LogP contribution >= 0.6 is 11.8 Å². The average molecular weight is 346 g/mol. The molecule has 0 aliphatic rings. The zero-order valence-corrected chi connectivity index (χ0v) is 15.0. The van der Waals surface area contributed by atoms with Gasteiger partial charge in [-0.05, 0) is 18.4 Å². The smallest absolute Gasteiger partial charge is 0.246 e. The molecule has 22 heavy (non-hydrogen) atoms. The van der Waals surface area contributed by atoms with Gasteiger partial charge in [0, 0.05) is 37.5 Å². The molecule has 0 aromatic heterocycles. The minimum absolute atomic E-state index is 0.0650. The standard InChI is InChI=1S/C14H22N2O4S2/c1-10(9-21-5)14(17)15-11-6-7-13(12(8-11)20-4)22(18,19)16(2)3/h6-8,10H,9H2,1-5H3,(H,15,17)/t10-/m0/s1. The average Bonchev–Trinajstić information content (AvgIpc) is 2.46. The molecule has 0 spiro atoms. The number of amides is 1. The number of nitrogens with one attached hydrogen (secondary N) is 1. The van der Waals surface area contributed by atoms with Crippen molar-refractivity contribution in [3.63, 3.8) is 0 Å². The highest BCUT2D eigenvalue weighted by molar-refractivity contribution is 7.98. The molecule has 0 aliphatic carbocycles. The van der Waals surface area contributed by atoms with Crippen molar-refractivity contribution in [3.05, 3.63) is 18.2 Å². The summed E-state index contributed by atoms with van der Waals surface area (Å²) in [6.45, 7) is 1.84. The fourth-order valence-electron chi connectivity index (χ4n) is 1.75. The van der Waals surface area contributed by atoms with E-state index < -0.39 is 10.0 Å². The maximum Gasteiger partial charge on any atom is 0.246 e. The molecule has 1 aromatic carbocycles. The van der Waals surface area contributed by atoms with Gasteiger partial charge in [0.15, 0.2) is 0 Å². The first-order chi connectivity index (χ1) is 10.2. The lowest BCUT2D eigenvalue weighted by atomic mass is 10.2. The third kappa shape index (κ3) is 4.37. The molecule has 0 radical (unpaired) electrons. The number of sulfonamides is 1. The molecule has 0 heterocycles. The van der Waals surface area contributed by atoms with Gasteiger partial charge in [-0.15, -0.1) is 0 Å². The minimum Gasteiger partial charge on any atom is -0.495 e. The lowest BCUT2D eigenvalue weighted by Gasteiger charge is -2.16. The topological polar surface area (TPSA) is 75.7 Å². The number of thioether (sulfide) groups is 1. The van der Waals surface area contributed by atoms with Gasteiger partial charge in [0.05, 0.1) is 7.11 Å². The normalized spacial score (nSPS) is 13.0. The summed E-state index contributed by atoms with van der Waals surface area (Å²) < 4.78 is 30.7. The van der Waals surface area contributed by atoms with Crippen molar-refractivity contribution < 1.29 is 17.9 Å². The molecule has 0 bridgehead atoms. The molecule has 1 aromatic rings. The summed E-state index contributed by atoms with van der Waals surface area (Å²) in [5.41, 5.74) is 0.507. The number of rotatable bonds is 7. The lowest BCUT2D eigenvalue weighted by molar-refractivity contribution is -0.118. The van der Waals surface area contributed by atoms with E-state index in [1.807, 2.05) is 13.2 Å². The van der Waals surface area contributed by atoms with E-state index in [0.29, 0.717) is 5.69 Å². The Morgan fingerprint density at radius 2 is 2.05 bits per heavy atom. The number of ether oxygens (including phenoxy) is 1. The van der Waals surface area contributed by atoms with Crippen LogP contribution in [-0.4, -0.2) is 51.8 Å². The summed E-state index contributed by atoms with van der Waals surface area (Å²) >= 11 is 1.59. The quantitative estimate of drug-likeness (QED) is 0.816. The van der Waals surface area contributed by atoms with Crippen LogP contribution in [0.2, 0.25) is 0 Å². The number of carbonyl (C=O) groups excluding carboxylic acids is 1. The summed E-state index contributed by atoms with van der Waals surface area (Å²) in [4.78, 5) is 12.1. The number of hydrogen-bond acceptors (Lipinski definition) is 5. The second-order valence-corrected chi connectivity index (χ2v) is 8.03. The van der Waals surface area contributed by atoms with E-state index in [1.165, 1.54) is 33.3 Å². The lowest BCUT2D eigenvalue weighted by Crippen LogP contribution is -2.24. The highest BCUT2D eigenvalue weighted by Crippen LogP contribution is 2.29. The molecule has 1 rings (SSSR count). The van der Waals surface area contributed by atoms with Crippen LogP contribution in [0.3, 0.4) is 0 Å². The first-order valence-electron chi connectivity index (χ1n) is 6.64. The van der Waals surface area contributed by atoms with Crippen LogP contribution in [-0.2, 0) is 14.8 Å². The van der Waals surface area contributed by atoms with E-state index in [-0.39, 0.29) is 22.5 Å². The zero-order chi connectivity index (χ0) is 16.9. The van der Waals surface area contributed by atoms with E-state index in [9.17, 15) is 13.2 Å². The van der Waals surface area contributed by atoms with Crippen LogP contribution in [0.1, 0.15) is 6.92 Å². The van der Waals surface area contributed by atoms with Gasteiger partial charge >= 0.3 is 0 Å². The molecule has 8 heteroatoms. The van der Waals surface area contributed by atoms with Gasteiger partial charge in [0.25, 0.3) is 0 Å². The second-order valence-electron chi connectivity index (χ2n) is 5.00. The van der Waals surface area contributed by atoms with Crippen molar-refractivity contribution in [2.24, 2.45) is 5.92 Å². The van der Waals surface area contributed by atoms with Gasteiger partial charge in [-0.1, -0.05) is 6.92 Å². The van der Waals surface area contributed by atoms with Crippen molar-refractivity contribution in [1.29, 1.82) is 0 Å². The minimum atomic E-state index is -3.60. The van der Waals surface area contributed by atoms with Gasteiger partial charge in [0.2, 0.25) is 15.9 Å². The SMILES string of the molecule is COc1cc(NC(=O)[C@@H](C)CSC)ccc1S(=O)(=O)N(C)C. The number of anilines is 1. The fourth-order valence-corrected chi connectivity index (χ4v) is 3.43. The predicted octanol–water partition coefficient (Wildman–Crippen LogP) is 1.88. The van der Waals surface area contributed by atoms with Crippen molar-refractivity contribution in [2.75, 3.05) is 38.5 Å². The van der Waals surface area contributed by atoms with Crippen LogP contribution in [0.15, 0.2) is 23.1 Å². The summed E-state index contributed by atoms with van der Waals surface area (Å²) in [7, 11) is 0.703. The maximum atomic E-state index is 12.2. The molecule has 0 fully saturated rings. The summed E-state index contributed by atoms with van der Waals surface area (Å²) in [5.74, 6) is 0.672. The predicted molar refractivity (Wildman–Crippen MR) is 90.0 cm³/mol. The molecule has 0 saturated heterocycles. The molecule has 1 atom stereocenters. The molecule has 0 unspecified atom stereocenters. The Hall–Kier alpha value is -1.25. The number of methoxy groups -OCH3 is 1. The van der Waals surface area contributed by atoms with E-state index in [0.717, 1.165) is 10.1 Å². The van der Waals surface area contributed by atoms with Crippen molar-refractivity contribution in [1.82, 2.24) is 4.31 Å². The van der Waals surface area contributed by atoms with Gasteiger partial charge in [-0.2, -0.15) is 11.8 Å². The maximum absolute atomic E-state index is 12.2. The van der Waals surface area contributed by atoms with E-state index >= 15 is 0 Å². The van der Waals surface area contributed by atoms with Crippen LogP contribution < -0.4 is 10.1 Å². The summed E-state index contributed by atoms with van der Waals surface area (Å²) in [6.07, 6.45) is 1.94. The van der Waals surface area contributed by atoms with Crippen LogP contribution in [0.25, 0.3) is 0 Å². The first-order valence-corrected chi connectivity index (χ1v) is 9.47. The Bertz CT molecular complexity index is 630.